The SMILES string of the molecule is Fc1ccc(C(F)(F)F)c(O[B]Oc2cc(F)ccc2C(F)(F)F)c1. The van der Waals surface area contributed by atoms with Gasteiger partial charge in [0.1, 0.15) is 23.1 Å². The van der Waals surface area contributed by atoms with Gasteiger partial charge in [0.15, 0.2) is 0 Å². The molecule has 133 valence electrons. The Morgan fingerprint density at radius 2 is 1.00 bits per heavy atom. The molecule has 0 spiro atoms. The number of benzene rings is 2. The molecule has 0 amide bonds. The van der Waals surface area contributed by atoms with Crippen LogP contribution in [-0.2, 0) is 12.4 Å². The summed E-state index contributed by atoms with van der Waals surface area (Å²) < 4.78 is 112. The summed E-state index contributed by atoms with van der Waals surface area (Å²) >= 11 is 0. The zero-order valence-electron chi connectivity index (χ0n) is 11.9. The van der Waals surface area contributed by atoms with Gasteiger partial charge in [-0.1, -0.05) is 0 Å². The Kier molecular flexibility index (Phi) is 5.14. The molecule has 0 fully saturated rings. The summed E-state index contributed by atoms with van der Waals surface area (Å²) in [6.07, 6.45) is -9.79. The number of hydrogen-bond donors (Lipinski definition) is 0. The fourth-order valence-corrected chi connectivity index (χ4v) is 1.78. The van der Waals surface area contributed by atoms with E-state index in [4.69, 9.17) is 0 Å². The Hall–Kier alpha value is -2.46. The molecule has 0 bridgehead atoms. The molecule has 2 nitrogen and oxygen atoms in total. The third-order valence-corrected chi connectivity index (χ3v) is 2.85. The molecule has 0 saturated heterocycles. The van der Waals surface area contributed by atoms with E-state index in [0.717, 1.165) is 0 Å². The second-order valence-corrected chi connectivity index (χ2v) is 4.61. The molecule has 0 aliphatic carbocycles. The maximum Gasteiger partial charge on any atom is 0.658 e. The van der Waals surface area contributed by atoms with E-state index in [2.05, 4.69) is 9.31 Å². The first-order chi connectivity index (χ1) is 11.5. The van der Waals surface area contributed by atoms with Gasteiger partial charge in [-0.05, 0) is 24.3 Å². The van der Waals surface area contributed by atoms with Gasteiger partial charge in [-0.25, -0.2) is 8.78 Å². The Labute approximate surface area is 136 Å². The summed E-state index contributed by atoms with van der Waals surface area (Å²) in [6.45, 7) is 0. The van der Waals surface area contributed by atoms with Gasteiger partial charge in [0.05, 0.1) is 11.1 Å². The van der Waals surface area contributed by atoms with Gasteiger partial charge in [0, 0.05) is 12.1 Å². The average molecular weight is 369 g/mol. The van der Waals surface area contributed by atoms with Crippen LogP contribution in [0, 0.1) is 11.6 Å². The summed E-state index contributed by atoms with van der Waals surface area (Å²) in [5, 5.41) is 0. The first-order valence-electron chi connectivity index (χ1n) is 6.37. The first kappa shape index (κ1) is 18.9. The lowest BCUT2D eigenvalue weighted by Gasteiger charge is -2.15. The van der Waals surface area contributed by atoms with Crippen molar-refractivity contribution in [2.45, 2.75) is 12.4 Å². The number of hydrogen-bond acceptors (Lipinski definition) is 2. The molecule has 2 aromatic carbocycles. The van der Waals surface area contributed by atoms with Crippen LogP contribution >= 0.6 is 0 Å². The third kappa shape index (κ3) is 4.77. The van der Waals surface area contributed by atoms with E-state index in [-0.39, 0.29) is 7.69 Å². The smallest absolute Gasteiger partial charge is 0.526 e. The van der Waals surface area contributed by atoms with E-state index in [9.17, 15) is 35.1 Å². The van der Waals surface area contributed by atoms with Crippen molar-refractivity contribution in [2.75, 3.05) is 0 Å². The van der Waals surface area contributed by atoms with Crippen LogP contribution in [0.4, 0.5) is 35.1 Å². The van der Waals surface area contributed by atoms with Gasteiger partial charge in [0.2, 0.25) is 0 Å². The summed E-state index contributed by atoms with van der Waals surface area (Å²) in [4.78, 5) is 0. The maximum atomic E-state index is 13.1. The zero-order chi connectivity index (χ0) is 18.8. The normalized spacial score (nSPS) is 12.0. The van der Waals surface area contributed by atoms with Crippen molar-refractivity contribution in [1.82, 2.24) is 0 Å². The number of rotatable bonds is 4. The molecule has 1 radical (unpaired) electrons. The first-order valence-corrected chi connectivity index (χ1v) is 6.37. The second kappa shape index (κ2) is 6.81. The molecule has 0 heterocycles. The minimum Gasteiger partial charge on any atom is -0.526 e. The molecule has 0 atom stereocenters. The fraction of sp³-hybridized carbons (Fsp3) is 0.143. The van der Waals surface area contributed by atoms with Crippen molar-refractivity contribution in [3.63, 3.8) is 0 Å². The van der Waals surface area contributed by atoms with E-state index in [1.165, 1.54) is 0 Å². The van der Waals surface area contributed by atoms with Crippen molar-refractivity contribution < 1.29 is 44.4 Å². The summed E-state index contributed by atoms with van der Waals surface area (Å²) in [5.74, 6) is -4.20. The molecule has 2 aromatic rings. The molecular weight excluding hydrogens is 363 g/mol. The molecule has 0 aromatic heterocycles. The van der Waals surface area contributed by atoms with Crippen LogP contribution in [0.3, 0.4) is 0 Å². The molecular formula is C14H6BF8O2. The highest BCUT2D eigenvalue weighted by Gasteiger charge is 2.36. The van der Waals surface area contributed by atoms with Crippen LogP contribution in [-0.4, -0.2) is 7.69 Å². The van der Waals surface area contributed by atoms with Crippen LogP contribution < -0.4 is 9.31 Å². The maximum absolute atomic E-state index is 13.1. The second-order valence-electron chi connectivity index (χ2n) is 4.61. The number of alkyl halides is 6. The van der Waals surface area contributed by atoms with Crippen molar-refractivity contribution in [3.05, 3.63) is 59.2 Å². The van der Waals surface area contributed by atoms with Crippen LogP contribution in [0.25, 0.3) is 0 Å². The van der Waals surface area contributed by atoms with Crippen LogP contribution in [0.5, 0.6) is 11.5 Å². The molecule has 0 N–H and O–H groups in total. The summed E-state index contributed by atoms with van der Waals surface area (Å²) in [6, 6.07) is 2.59. The van der Waals surface area contributed by atoms with E-state index < -0.39 is 46.6 Å². The lowest BCUT2D eigenvalue weighted by atomic mass is 10.1. The molecule has 0 aliphatic rings. The number of halogens is 8. The highest BCUT2D eigenvalue weighted by molar-refractivity contribution is 6.20. The van der Waals surface area contributed by atoms with E-state index in [1.807, 2.05) is 0 Å². The Morgan fingerprint density at radius 3 is 1.32 bits per heavy atom. The van der Waals surface area contributed by atoms with E-state index >= 15 is 0 Å². The fourth-order valence-electron chi connectivity index (χ4n) is 1.78. The summed E-state index contributed by atoms with van der Waals surface area (Å²) in [5.41, 5.74) is -2.74. The van der Waals surface area contributed by atoms with Gasteiger partial charge in [0.25, 0.3) is 0 Å². The van der Waals surface area contributed by atoms with Gasteiger partial charge in [-0.2, -0.15) is 26.3 Å². The van der Waals surface area contributed by atoms with Crippen molar-refractivity contribution >= 4 is 7.69 Å². The predicted molar refractivity (Wildman–Crippen MR) is 69.8 cm³/mol. The van der Waals surface area contributed by atoms with E-state index in [0.29, 0.717) is 36.4 Å². The Balaban J connectivity index is 2.20. The van der Waals surface area contributed by atoms with Gasteiger partial charge in [-0.15, -0.1) is 0 Å². The minimum absolute atomic E-state index is 0.119. The van der Waals surface area contributed by atoms with E-state index in [1.54, 1.807) is 0 Å². The molecule has 0 saturated carbocycles. The van der Waals surface area contributed by atoms with Gasteiger partial charge in [-0.3, -0.25) is 0 Å². The molecule has 2 rings (SSSR count). The van der Waals surface area contributed by atoms with Crippen LogP contribution in [0.1, 0.15) is 11.1 Å². The Morgan fingerprint density at radius 1 is 0.640 bits per heavy atom. The van der Waals surface area contributed by atoms with Crippen LogP contribution in [0.2, 0.25) is 0 Å². The Bertz CT molecular complexity index is 694. The molecule has 0 aliphatic heterocycles. The highest BCUT2D eigenvalue weighted by Crippen LogP contribution is 2.38. The molecule has 0 unspecified atom stereocenters. The lowest BCUT2D eigenvalue weighted by molar-refractivity contribution is -0.139. The summed E-state index contributed by atoms with van der Waals surface area (Å²) in [7, 11) is 0.119. The van der Waals surface area contributed by atoms with Crippen molar-refractivity contribution in [3.8, 4) is 11.5 Å². The van der Waals surface area contributed by atoms with Crippen molar-refractivity contribution in [2.24, 2.45) is 0 Å². The largest absolute Gasteiger partial charge is 0.658 e. The van der Waals surface area contributed by atoms with Crippen LogP contribution in [0.15, 0.2) is 36.4 Å². The quantitative estimate of drug-likeness (QED) is 0.558. The average Bonchev–Trinajstić information content (AvgIpc) is 2.44. The molecule has 11 heteroatoms. The highest BCUT2D eigenvalue weighted by atomic mass is 19.4. The lowest BCUT2D eigenvalue weighted by Crippen LogP contribution is -2.17. The van der Waals surface area contributed by atoms with Gasteiger partial charge < -0.3 is 9.31 Å². The minimum atomic E-state index is -4.90. The van der Waals surface area contributed by atoms with Crippen molar-refractivity contribution in [1.29, 1.82) is 0 Å². The topological polar surface area (TPSA) is 18.5 Å². The molecule has 25 heavy (non-hydrogen) atoms. The van der Waals surface area contributed by atoms with Gasteiger partial charge >= 0.3 is 20.0 Å². The standard InChI is InChI=1S/C14H6BF8O2/c16-7-1-3-9(13(18,19)20)11(5-7)24-15-25-12-6-8(17)2-4-10(12)14(21,22)23/h1-6H. The monoisotopic (exact) mass is 369 g/mol. The predicted octanol–water partition coefficient (Wildman–Crippen LogP) is 4.99. The zero-order valence-corrected chi connectivity index (χ0v) is 11.9. The third-order valence-electron chi connectivity index (χ3n) is 2.85.